The number of aryl methyl sites for hydroxylation is 3. The zero-order valence-corrected chi connectivity index (χ0v) is 15.1. The molecule has 0 aromatic heterocycles. The Morgan fingerprint density at radius 3 is 1.92 bits per heavy atom. The first-order chi connectivity index (χ1) is 11.6. The lowest BCUT2D eigenvalue weighted by atomic mass is 9.59. The molecule has 0 spiro atoms. The molecule has 2 nitrogen and oxygen atoms in total. The molecule has 24 heavy (non-hydrogen) atoms. The van der Waals surface area contributed by atoms with E-state index in [4.69, 9.17) is 0 Å². The van der Waals surface area contributed by atoms with Gasteiger partial charge < -0.3 is 5.11 Å². The van der Waals surface area contributed by atoms with Crippen molar-refractivity contribution in [2.45, 2.75) is 59.3 Å². The fraction of sp³-hybridized carbons (Fsp3) is 0.591. The van der Waals surface area contributed by atoms with E-state index in [1.54, 1.807) is 0 Å². The molecule has 1 N–H and O–H groups in total. The monoisotopic (exact) mass is 324 g/mol. The van der Waals surface area contributed by atoms with Crippen LogP contribution in [0.4, 0.5) is 0 Å². The van der Waals surface area contributed by atoms with Crippen LogP contribution in [0, 0.1) is 30.6 Å². The molecule has 1 aromatic rings. The van der Waals surface area contributed by atoms with Crippen molar-refractivity contribution in [2.75, 3.05) is 0 Å². The van der Waals surface area contributed by atoms with E-state index < -0.39 is 0 Å². The number of ketones is 1. The zero-order valence-electron chi connectivity index (χ0n) is 15.1. The Kier molecular flexibility index (Phi) is 3.82. The fourth-order valence-electron chi connectivity index (χ4n) is 5.75. The van der Waals surface area contributed by atoms with Crippen LogP contribution in [0.25, 0.3) is 5.57 Å². The van der Waals surface area contributed by atoms with Gasteiger partial charge in [-0.1, -0.05) is 31.5 Å². The van der Waals surface area contributed by atoms with Crippen LogP contribution in [0.2, 0.25) is 0 Å². The van der Waals surface area contributed by atoms with Crippen molar-refractivity contribution in [2.24, 2.45) is 23.7 Å². The number of benzene rings is 1. The molecule has 3 saturated carbocycles. The third-order valence-corrected chi connectivity index (χ3v) is 6.80. The van der Waals surface area contributed by atoms with Crippen LogP contribution >= 0.6 is 0 Å². The molecule has 3 fully saturated rings. The van der Waals surface area contributed by atoms with Gasteiger partial charge in [-0.15, -0.1) is 0 Å². The molecule has 2 unspecified atom stereocenters. The maximum Gasteiger partial charge on any atom is 0.170 e. The molecule has 0 aliphatic heterocycles. The van der Waals surface area contributed by atoms with E-state index in [0.717, 1.165) is 18.4 Å². The molecule has 4 aliphatic rings. The van der Waals surface area contributed by atoms with Crippen LogP contribution in [-0.4, -0.2) is 10.9 Å². The number of hydrogen-bond donors (Lipinski definition) is 1. The lowest BCUT2D eigenvalue weighted by molar-refractivity contribution is -0.123. The first-order valence-corrected chi connectivity index (χ1v) is 9.66. The van der Waals surface area contributed by atoms with Gasteiger partial charge in [-0.3, -0.25) is 4.79 Å². The summed E-state index contributed by atoms with van der Waals surface area (Å²) in [5.41, 5.74) is 5.41. The second kappa shape index (κ2) is 5.75. The van der Waals surface area contributed by atoms with Crippen LogP contribution in [0.5, 0.6) is 0 Å². The summed E-state index contributed by atoms with van der Waals surface area (Å²) < 4.78 is 0. The SMILES string of the molecule is CCc1cc(C)cc(CC)c1C1=C(O)C2C3CCC(CC3)C2C1=O. The van der Waals surface area contributed by atoms with Gasteiger partial charge in [0.05, 0.1) is 5.57 Å². The number of hydrogen-bond acceptors (Lipinski definition) is 2. The Bertz CT molecular complexity index is 694. The van der Waals surface area contributed by atoms with Gasteiger partial charge in [0.15, 0.2) is 5.78 Å². The first kappa shape index (κ1) is 15.9. The molecule has 2 heteroatoms. The highest BCUT2D eigenvalue weighted by Crippen LogP contribution is 2.57. The minimum Gasteiger partial charge on any atom is -0.511 e. The van der Waals surface area contributed by atoms with Crippen molar-refractivity contribution in [3.05, 3.63) is 40.1 Å². The van der Waals surface area contributed by atoms with Crippen LogP contribution in [0.1, 0.15) is 61.8 Å². The van der Waals surface area contributed by atoms with Gasteiger partial charge in [-0.05, 0) is 74.0 Å². The number of carbonyl (C=O) groups excluding carboxylic acids is 1. The third kappa shape index (κ3) is 2.11. The topological polar surface area (TPSA) is 37.3 Å². The smallest absolute Gasteiger partial charge is 0.170 e. The predicted octanol–water partition coefficient (Wildman–Crippen LogP) is 5.02. The Hall–Kier alpha value is -1.57. The summed E-state index contributed by atoms with van der Waals surface area (Å²) in [6.45, 7) is 6.41. The van der Waals surface area contributed by atoms with E-state index in [0.29, 0.717) is 23.2 Å². The van der Waals surface area contributed by atoms with Gasteiger partial charge in [0.1, 0.15) is 5.76 Å². The molecule has 128 valence electrons. The number of fused-ring (bicyclic) bond motifs is 2. The Morgan fingerprint density at radius 2 is 1.46 bits per heavy atom. The number of Topliss-reactive ketones (excluding diaryl/α,β-unsaturated/α-hetero) is 1. The maximum absolute atomic E-state index is 13.3. The Labute approximate surface area is 145 Å². The molecule has 4 aliphatic carbocycles. The fourth-order valence-corrected chi connectivity index (χ4v) is 5.75. The van der Waals surface area contributed by atoms with E-state index >= 15 is 0 Å². The number of allylic oxidation sites excluding steroid dienone is 2. The molecule has 0 amide bonds. The molecular weight excluding hydrogens is 296 g/mol. The van der Waals surface area contributed by atoms with Crippen molar-refractivity contribution in [1.29, 1.82) is 0 Å². The molecule has 0 saturated heterocycles. The lowest BCUT2D eigenvalue weighted by Gasteiger charge is -2.44. The summed E-state index contributed by atoms with van der Waals surface area (Å²) in [6, 6.07) is 4.39. The summed E-state index contributed by atoms with van der Waals surface area (Å²) in [7, 11) is 0. The Morgan fingerprint density at radius 1 is 0.958 bits per heavy atom. The minimum absolute atomic E-state index is 0.0585. The minimum atomic E-state index is 0.0585. The summed E-state index contributed by atoms with van der Waals surface area (Å²) in [4.78, 5) is 13.3. The largest absolute Gasteiger partial charge is 0.511 e. The second-order valence-electron chi connectivity index (χ2n) is 8.02. The van der Waals surface area contributed by atoms with Crippen LogP contribution < -0.4 is 0 Å². The van der Waals surface area contributed by atoms with Gasteiger partial charge in [-0.2, -0.15) is 0 Å². The molecule has 5 rings (SSSR count). The molecule has 0 radical (unpaired) electrons. The van der Waals surface area contributed by atoms with Gasteiger partial charge >= 0.3 is 0 Å². The number of rotatable bonds is 3. The van der Waals surface area contributed by atoms with Gasteiger partial charge in [0, 0.05) is 11.8 Å². The highest BCUT2D eigenvalue weighted by atomic mass is 16.3. The average molecular weight is 324 g/mol. The summed E-state index contributed by atoms with van der Waals surface area (Å²) >= 11 is 0. The van der Waals surface area contributed by atoms with E-state index in [1.165, 1.54) is 42.4 Å². The summed E-state index contributed by atoms with van der Waals surface area (Å²) in [6.07, 6.45) is 6.52. The number of carbonyl (C=O) groups is 1. The zero-order chi connectivity index (χ0) is 17.0. The highest BCUT2D eigenvalue weighted by molar-refractivity contribution is 6.25. The van der Waals surface area contributed by atoms with Crippen molar-refractivity contribution >= 4 is 11.4 Å². The standard InChI is InChI=1S/C22H28O2/c1-4-13-10-12(3)11-14(5-2)17(13)20-21(23)18-15-6-7-16(9-8-15)19(18)22(20)24/h10-11,15-16,18-19,23H,4-9H2,1-3H3. The summed E-state index contributed by atoms with van der Waals surface area (Å²) in [5.74, 6) is 1.83. The van der Waals surface area contributed by atoms with Crippen LogP contribution in [-0.2, 0) is 17.6 Å². The molecule has 1 aromatic carbocycles. The van der Waals surface area contributed by atoms with E-state index in [1.807, 2.05) is 0 Å². The van der Waals surface area contributed by atoms with E-state index in [2.05, 4.69) is 32.9 Å². The molecule has 2 bridgehead atoms. The lowest BCUT2D eigenvalue weighted by Crippen LogP contribution is -2.41. The third-order valence-electron chi connectivity index (χ3n) is 6.80. The van der Waals surface area contributed by atoms with Crippen molar-refractivity contribution in [3.63, 3.8) is 0 Å². The van der Waals surface area contributed by atoms with E-state index in [9.17, 15) is 9.90 Å². The number of aliphatic hydroxyl groups is 1. The molecular formula is C22H28O2. The van der Waals surface area contributed by atoms with Crippen molar-refractivity contribution < 1.29 is 9.90 Å². The Balaban J connectivity index is 1.89. The van der Waals surface area contributed by atoms with Crippen molar-refractivity contribution in [1.82, 2.24) is 0 Å². The van der Waals surface area contributed by atoms with Crippen molar-refractivity contribution in [3.8, 4) is 0 Å². The van der Waals surface area contributed by atoms with Gasteiger partial charge in [0.2, 0.25) is 0 Å². The van der Waals surface area contributed by atoms with Crippen LogP contribution in [0.15, 0.2) is 17.9 Å². The second-order valence-corrected chi connectivity index (χ2v) is 8.02. The summed E-state index contributed by atoms with van der Waals surface area (Å²) in [5, 5.41) is 11.1. The predicted molar refractivity (Wildman–Crippen MR) is 96.9 cm³/mol. The number of aliphatic hydroxyl groups excluding tert-OH is 1. The maximum atomic E-state index is 13.3. The van der Waals surface area contributed by atoms with Gasteiger partial charge in [0.25, 0.3) is 0 Å². The average Bonchev–Trinajstić information content (AvgIpc) is 2.88. The normalized spacial score (nSPS) is 31.7. The highest BCUT2D eigenvalue weighted by Gasteiger charge is 2.54. The van der Waals surface area contributed by atoms with E-state index in [-0.39, 0.29) is 17.6 Å². The molecule has 2 atom stereocenters. The quantitative estimate of drug-likeness (QED) is 0.847. The molecule has 0 heterocycles. The van der Waals surface area contributed by atoms with Gasteiger partial charge in [-0.25, -0.2) is 0 Å². The first-order valence-electron chi connectivity index (χ1n) is 9.66. The van der Waals surface area contributed by atoms with Crippen LogP contribution in [0.3, 0.4) is 0 Å².